The summed E-state index contributed by atoms with van der Waals surface area (Å²) in [5.41, 5.74) is 0. The highest BCUT2D eigenvalue weighted by Crippen LogP contribution is 2.43. The molecule has 0 aromatic heterocycles. The van der Waals surface area contributed by atoms with Gasteiger partial charge in [0.1, 0.15) is 19.8 Å². The molecule has 524 valence electrons. The zero-order valence-electron chi connectivity index (χ0n) is 59.9. The maximum Gasteiger partial charge on any atom is 0.472 e. The predicted molar refractivity (Wildman–Crippen MR) is 390 cm³/mol. The second-order valence-electron chi connectivity index (χ2n) is 27.0. The number of esters is 2. The van der Waals surface area contributed by atoms with Crippen LogP contribution < -0.4 is 0 Å². The minimum Gasteiger partial charge on any atom is -0.462 e. The Morgan fingerprint density at radius 3 is 0.944 bits per heavy atom. The van der Waals surface area contributed by atoms with E-state index in [0.717, 1.165) is 77.0 Å². The molecule has 0 radical (unpaired) electrons. The van der Waals surface area contributed by atoms with Crippen LogP contribution in [0.25, 0.3) is 0 Å². The average Bonchev–Trinajstić information content (AvgIpc) is 3.58. The lowest BCUT2D eigenvalue weighted by molar-refractivity contribution is -0.870. The summed E-state index contributed by atoms with van der Waals surface area (Å²) in [5.74, 6) is -0.786. The normalized spacial score (nSPS) is 13.5. The lowest BCUT2D eigenvalue weighted by atomic mass is 10.0. The van der Waals surface area contributed by atoms with E-state index in [0.29, 0.717) is 23.9 Å². The minimum absolute atomic E-state index is 0.0307. The number of quaternary nitrogens is 1. The molecule has 0 aromatic rings. The van der Waals surface area contributed by atoms with Crippen LogP contribution >= 0.6 is 7.82 Å². The molecule has 0 aliphatic carbocycles. The van der Waals surface area contributed by atoms with Crippen molar-refractivity contribution in [2.75, 3.05) is 47.5 Å². The third kappa shape index (κ3) is 74.2. The van der Waals surface area contributed by atoms with E-state index in [4.69, 9.17) is 18.5 Å². The van der Waals surface area contributed by atoms with E-state index >= 15 is 0 Å². The minimum atomic E-state index is -4.40. The van der Waals surface area contributed by atoms with Gasteiger partial charge in [0.2, 0.25) is 0 Å². The second kappa shape index (κ2) is 70.5. The lowest BCUT2D eigenvalue weighted by Gasteiger charge is -2.24. The van der Waals surface area contributed by atoms with Crippen LogP contribution in [-0.4, -0.2) is 74.9 Å². The van der Waals surface area contributed by atoms with E-state index in [-0.39, 0.29) is 25.6 Å². The summed E-state index contributed by atoms with van der Waals surface area (Å²) in [6.07, 6.45) is 97.2. The van der Waals surface area contributed by atoms with Crippen molar-refractivity contribution in [1.82, 2.24) is 0 Å². The van der Waals surface area contributed by atoms with Gasteiger partial charge in [0.05, 0.1) is 27.7 Å². The zero-order chi connectivity index (χ0) is 65.5. The van der Waals surface area contributed by atoms with Gasteiger partial charge in [0.25, 0.3) is 0 Å². The molecule has 0 fully saturated rings. The molecule has 0 aliphatic heterocycles. The number of phosphoric acid groups is 1. The zero-order valence-corrected chi connectivity index (χ0v) is 60.8. The number of hydrogen-bond donors (Lipinski definition) is 1. The molecule has 9 nitrogen and oxygen atoms in total. The molecule has 0 rings (SSSR count). The third-order valence-corrected chi connectivity index (χ3v) is 17.9. The largest absolute Gasteiger partial charge is 0.472 e. The molecule has 2 atom stereocenters. The predicted octanol–water partition coefficient (Wildman–Crippen LogP) is 25.3. The standard InChI is InChI=1S/C80H146NO8P/c1-6-8-10-12-14-16-18-20-22-24-26-28-30-32-33-34-35-36-37-38-39-40-41-42-43-44-45-46-47-49-50-52-54-56-58-60-62-64-66-68-70-72-79(82)86-76-78(77-88-90(84,85)87-75-74-81(3,4)5)89-80(83)73-71-69-67-65-63-61-59-57-55-53-51-48-31-29-27-25-23-21-19-17-15-13-11-9-7-2/h9,11,15,17-18,20-21,23-24,26-27,29-30,32,78H,6-8,10,12-14,16,19,22,25,28,31,33-77H2,1-5H3/p+1/b11-9-,17-15-,20-18-,23-21-,26-24-,29-27-,32-30-. The van der Waals surface area contributed by atoms with E-state index < -0.39 is 26.5 Å². The summed E-state index contributed by atoms with van der Waals surface area (Å²) in [7, 11) is 1.49. The third-order valence-electron chi connectivity index (χ3n) is 16.9. The van der Waals surface area contributed by atoms with Crippen molar-refractivity contribution in [2.45, 2.75) is 367 Å². The van der Waals surface area contributed by atoms with Crippen LogP contribution in [-0.2, 0) is 32.7 Å². The van der Waals surface area contributed by atoms with Crippen LogP contribution in [0.15, 0.2) is 85.1 Å². The Balaban J connectivity index is 3.91. The number of carbonyl (C=O) groups is 2. The average molecular weight is 1280 g/mol. The SMILES string of the molecule is CC/C=C\C/C=C\C/C=C\C/C=C\CCCCCCCCCCCCCCC(=O)OC(COC(=O)CCCCCCCCCCCCCCCCCCCCCCCCCCCC/C=C\C/C=C\C/C=C\CCCCCCC)COP(=O)(O)OCC[N+](C)(C)C. The molecule has 0 heterocycles. The van der Waals surface area contributed by atoms with E-state index in [1.165, 1.54) is 250 Å². The number of rotatable bonds is 71. The van der Waals surface area contributed by atoms with Gasteiger partial charge in [-0.05, 0) is 89.9 Å². The van der Waals surface area contributed by atoms with Crippen molar-refractivity contribution >= 4 is 19.8 Å². The number of hydrogen-bond acceptors (Lipinski definition) is 7. The number of ether oxygens (including phenoxy) is 2. The fourth-order valence-corrected chi connectivity index (χ4v) is 11.8. The fraction of sp³-hybridized carbons (Fsp3) is 0.800. The van der Waals surface area contributed by atoms with Gasteiger partial charge in [0, 0.05) is 12.8 Å². The van der Waals surface area contributed by atoms with Crippen molar-refractivity contribution in [3.63, 3.8) is 0 Å². The Labute approximate surface area is 558 Å². The van der Waals surface area contributed by atoms with Gasteiger partial charge in [-0.15, -0.1) is 0 Å². The highest BCUT2D eigenvalue weighted by Gasteiger charge is 2.27. The maximum atomic E-state index is 12.9. The summed E-state index contributed by atoms with van der Waals surface area (Å²) in [4.78, 5) is 35.9. The quantitative estimate of drug-likeness (QED) is 0.0211. The van der Waals surface area contributed by atoms with Gasteiger partial charge >= 0.3 is 19.8 Å². The summed E-state index contributed by atoms with van der Waals surface area (Å²) in [5, 5.41) is 0. The Morgan fingerprint density at radius 2 is 0.633 bits per heavy atom. The number of carbonyl (C=O) groups excluding carboxylic acids is 2. The maximum absolute atomic E-state index is 12.9. The molecule has 0 bridgehead atoms. The number of unbranched alkanes of at least 4 members (excludes halogenated alkanes) is 43. The molecule has 10 heteroatoms. The van der Waals surface area contributed by atoms with Gasteiger partial charge in [-0.2, -0.15) is 0 Å². The van der Waals surface area contributed by atoms with E-state index in [1.807, 2.05) is 21.1 Å². The molecular formula is C80H147NO8P+. The lowest BCUT2D eigenvalue weighted by Crippen LogP contribution is -2.37. The number of allylic oxidation sites excluding steroid dienone is 14. The summed E-state index contributed by atoms with van der Waals surface area (Å²) < 4.78 is 34.8. The number of likely N-dealkylation sites (N-methyl/N-ethyl adjacent to an activating group) is 1. The van der Waals surface area contributed by atoms with E-state index in [1.54, 1.807) is 0 Å². The van der Waals surface area contributed by atoms with Gasteiger partial charge < -0.3 is 18.9 Å². The molecule has 0 aromatic carbocycles. The second-order valence-corrected chi connectivity index (χ2v) is 28.5. The monoisotopic (exact) mass is 1280 g/mol. The molecule has 0 spiro atoms. The molecule has 0 saturated heterocycles. The van der Waals surface area contributed by atoms with E-state index in [9.17, 15) is 19.0 Å². The first-order chi connectivity index (χ1) is 44.0. The summed E-state index contributed by atoms with van der Waals surface area (Å²) in [6.45, 7) is 4.35. The van der Waals surface area contributed by atoms with Crippen molar-refractivity contribution in [3.8, 4) is 0 Å². The van der Waals surface area contributed by atoms with E-state index in [2.05, 4.69) is 98.9 Å². The molecule has 0 aliphatic rings. The van der Waals surface area contributed by atoms with Gasteiger partial charge in [0.15, 0.2) is 6.10 Å². The van der Waals surface area contributed by atoms with Crippen molar-refractivity contribution in [3.05, 3.63) is 85.1 Å². The van der Waals surface area contributed by atoms with Gasteiger partial charge in [-0.3, -0.25) is 18.6 Å². The van der Waals surface area contributed by atoms with Crippen molar-refractivity contribution < 1.29 is 42.1 Å². The summed E-state index contributed by atoms with van der Waals surface area (Å²) >= 11 is 0. The number of nitrogens with zero attached hydrogens (tertiary/aromatic N) is 1. The van der Waals surface area contributed by atoms with Crippen LogP contribution in [0.1, 0.15) is 361 Å². The van der Waals surface area contributed by atoms with Crippen LogP contribution in [0.2, 0.25) is 0 Å². The Kier molecular flexibility index (Phi) is 68.3. The highest BCUT2D eigenvalue weighted by molar-refractivity contribution is 7.47. The first-order valence-electron chi connectivity index (χ1n) is 38.3. The molecule has 90 heavy (non-hydrogen) atoms. The molecule has 2 unspecified atom stereocenters. The number of phosphoric ester groups is 1. The van der Waals surface area contributed by atoms with Gasteiger partial charge in [-0.25, -0.2) is 4.57 Å². The molecular weight excluding hydrogens is 1130 g/mol. The molecule has 0 saturated carbocycles. The van der Waals surface area contributed by atoms with Gasteiger partial charge in [-0.1, -0.05) is 343 Å². The molecule has 0 amide bonds. The topological polar surface area (TPSA) is 108 Å². The van der Waals surface area contributed by atoms with Crippen LogP contribution in [0.3, 0.4) is 0 Å². The first kappa shape index (κ1) is 87.2. The first-order valence-corrected chi connectivity index (χ1v) is 39.8. The highest BCUT2D eigenvalue weighted by atomic mass is 31.2. The van der Waals surface area contributed by atoms with Crippen LogP contribution in [0.5, 0.6) is 0 Å². The van der Waals surface area contributed by atoms with Crippen molar-refractivity contribution in [2.24, 2.45) is 0 Å². The van der Waals surface area contributed by atoms with Crippen LogP contribution in [0, 0.1) is 0 Å². The Bertz CT molecular complexity index is 1800. The Morgan fingerprint density at radius 1 is 0.356 bits per heavy atom. The van der Waals surface area contributed by atoms with Crippen molar-refractivity contribution in [1.29, 1.82) is 0 Å². The molecule has 1 N–H and O–H groups in total. The summed E-state index contributed by atoms with van der Waals surface area (Å²) in [6, 6.07) is 0. The Hall–Kier alpha value is -2.81. The smallest absolute Gasteiger partial charge is 0.462 e. The fourth-order valence-electron chi connectivity index (χ4n) is 11.1. The van der Waals surface area contributed by atoms with Crippen LogP contribution in [0.4, 0.5) is 0 Å².